The fourth-order valence-corrected chi connectivity index (χ4v) is 3.05. The molecule has 1 fully saturated rings. The minimum atomic E-state index is -0.579. The molecule has 1 saturated heterocycles. The Kier molecular flexibility index (Phi) is 8.92. The highest BCUT2D eigenvalue weighted by atomic mass is 35.5. The quantitative estimate of drug-likeness (QED) is 0.640. The van der Waals surface area contributed by atoms with Crippen LogP contribution in [0.2, 0.25) is 0 Å². The highest BCUT2D eigenvalue weighted by Crippen LogP contribution is 2.21. The van der Waals surface area contributed by atoms with Gasteiger partial charge in [-0.1, -0.05) is 24.3 Å². The molecule has 1 aliphatic heterocycles. The Morgan fingerprint density at radius 3 is 2.45 bits per heavy atom. The molecule has 2 amide bonds. The molecule has 1 unspecified atom stereocenters. The second-order valence-electron chi connectivity index (χ2n) is 6.70. The maximum Gasteiger partial charge on any atom is 0.262 e. The van der Waals surface area contributed by atoms with Gasteiger partial charge in [-0.05, 0) is 43.0 Å². The topological polar surface area (TPSA) is 103 Å². The van der Waals surface area contributed by atoms with E-state index in [1.54, 1.807) is 36.4 Å². The number of rotatable bonds is 7. The van der Waals surface area contributed by atoms with Crippen LogP contribution in [0.4, 0.5) is 11.4 Å². The zero-order valence-electron chi connectivity index (χ0n) is 16.0. The van der Waals surface area contributed by atoms with Gasteiger partial charge in [-0.3, -0.25) is 9.59 Å². The van der Waals surface area contributed by atoms with Crippen molar-refractivity contribution in [2.75, 3.05) is 30.5 Å². The van der Waals surface area contributed by atoms with Gasteiger partial charge >= 0.3 is 0 Å². The third-order valence-electron chi connectivity index (χ3n) is 4.61. The zero-order valence-corrected chi connectivity index (χ0v) is 16.8. The molecule has 0 bridgehead atoms. The lowest BCUT2D eigenvalue weighted by Gasteiger charge is -2.26. The third kappa shape index (κ3) is 7.05. The molecule has 1 atom stereocenters. The number of carbonyl (C=O) groups is 2. The molecule has 29 heavy (non-hydrogen) atoms. The molecule has 156 valence electrons. The number of carbonyl (C=O) groups excluding carboxylic acids is 2. The molecule has 0 saturated carbocycles. The standard InChI is InChI=1S/C21H25N3O4.ClH/c22-20(15-9-11-27-12-10-15)21(26)24-17-7-4-8-18(13-17)28-14-19(25)23-16-5-2-1-3-6-16;/h1-8,13,15,20H,9-12,14,22H2,(H,23,25)(H,24,26);1H. The van der Waals surface area contributed by atoms with Gasteiger partial charge in [0.15, 0.2) is 6.61 Å². The summed E-state index contributed by atoms with van der Waals surface area (Å²) in [6.07, 6.45) is 1.57. The second kappa shape index (κ2) is 11.4. The zero-order chi connectivity index (χ0) is 19.8. The highest BCUT2D eigenvalue weighted by molar-refractivity contribution is 5.95. The first kappa shape index (κ1) is 22.7. The van der Waals surface area contributed by atoms with Crippen LogP contribution in [0.15, 0.2) is 54.6 Å². The van der Waals surface area contributed by atoms with Crippen molar-refractivity contribution < 1.29 is 19.1 Å². The number of para-hydroxylation sites is 1. The highest BCUT2D eigenvalue weighted by Gasteiger charge is 2.26. The van der Waals surface area contributed by atoms with Crippen LogP contribution in [0, 0.1) is 5.92 Å². The molecule has 3 rings (SSSR count). The average molecular weight is 420 g/mol. The van der Waals surface area contributed by atoms with Crippen molar-refractivity contribution in [2.24, 2.45) is 11.7 Å². The van der Waals surface area contributed by atoms with Crippen LogP contribution in [0.5, 0.6) is 5.75 Å². The Morgan fingerprint density at radius 1 is 1.03 bits per heavy atom. The van der Waals surface area contributed by atoms with Gasteiger partial charge in [0.2, 0.25) is 5.91 Å². The minimum absolute atomic E-state index is 0. The van der Waals surface area contributed by atoms with Crippen molar-refractivity contribution in [2.45, 2.75) is 18.9 Å². The third-order valence-corrected chi connectivity index (χ3v) is 4.61. The van der Waals surface area contributed by atoms with Crippen LogP contribution in [-0.2, 0) is 14.3 Å². The molecular formula is C21H26ClN3O4. The van der Waals surface area contributed by atoms with E-state index < -0.39 is 6.04 Å². The van der Waals surface area contributed by atoms with Crippen LogP contribution in [0.3, 0.4) is 0 Å². The Hall–Kier alpha value is -2.61. The van der Waals surface area contributed by atoms with Gasteiger partial charge in [-0.25, -0.2) is 0 Å². The van der Waals surface area contributed by atoms with Crippen LogP contribution in [0.1, 0.15) is 12.8 Å². The molecule has 2 aromatic carbocycles. The molecule has 0 aliphatic carbocycles. The fraction of sp³-hybridized carbons (Fsp3) is 0.333. The molecule has 1 heterocycles. The van der Waals surface area contributed by atoms with E-state index in [9.17, 15) is 9.59 Å². The summed E-state index contributed by atoms with van der Waals surface area (Å²) in [4.78, 5) is 24.4. The molecule has 0 spiro atoms. The Bertz CT molecular complexity index is 798. The van der Waals surface area contributed by atoms with Crippen molar-refractivity contribution in [1.82, 2.24) is 0 Å². The number of ether oxygens (including phenoxy) is 2. The smallest absolute Gasteiger partial charge is 0.262 e. The molecule has 0 aromatic heterocycles. The molecule has 8 heteroatoms. The molecule has 4 N–H and O–H groups in total. The Balaban J connectivity index is 0.00000300. The van der Waals surface area contributed by atoms with Gasteiger partial charge < -0.3 is 25.8 Å². The molecular weight excluding hydrogens is 394 g/mol. The number of nitrogens with two attached hydrogens (primary N) is 1. The van der Waals surface area contributed by atoms with E-state index in [1.165, 1.54) is 0 Å². The van der Waals surface area contributed by atoms with Gasteiger partial charge in [0, 0.05) is 30.7 Å². The number of hydrogen-bond donors (Lipinski definition) is 3. The van der Waals surface area contributed by atoms with E-state index in [4.69, 9.17) is 15.2 Å². The Labute approximate surface area is 176 Å². The van der Waals surface area contributed by atoms with Crippen molar-refractivity contribution in [3.8, 4) is 5.75 Å². The summed E-state index contributed by atoms with van der Waals surface area (Å²) in [7, 11) is 0. The average Bonchev–Trinajstić information content (AvgIpc) is 2.73. The van der Waals surface area contributed by atoms with Crippen LogP contribution in [0.25, 0.3) is 0 Å². The van der Waals surface area contributed by atoms with Gasteiger partial charge in [0.05, 0.1) is 6.04 Å². The monoisotopic (exact) mass is 419 g/mol. The summed E-state index contributed by atoms with van der Waals surface area (Å²) in [5, 5.41) is 5.57. The van der Waals surface area contributed by atoms with E-state index in [0.29, 0.717) is 30.3 Å². The maximum atomic E-state index is 12.4. The number of halogens is 1. The number of hydrogen-bond acceptors (Lipinski definition) is 5. The molecule has 2 aromatic rings. The number of nitrogens with one attached hydrogen (secondary N) is 2. The van der Waals surface area contributed by atoms with Crippen LogP contribution in [-0.4, -0.2) is 37.7 Å². The maximum absolute atomic E-state index is 12.4. The van der Waals surface area contributed by atoms with Crippen molar-refractivity contribution in [1.29, 1.82) is 0 Å². The van der Waals surface area contributed by atoms with Gasteiger partial charge in [0.25, 0.3) is 5.91 Å². The van der Waals surface area contributed by atoms with Gasteiger partial charge in [0.1, 0.15) is 5.75 Å². The summed E-state index contributed by atoms with van der Waals surface area (Å²) >= 11 is 0. The van der Waals surface area contributed by atoms with Gasteiger partial charge in [-0.15, -0.1) is 12.4 Å². The lowest BCUT2D eigenvalue weighted by Crippen LogP contribution is -2.44. The van der Waals surface area contributed by atoms with E-state index in [-0.39, 0.29) is 36.7 Å². The second-order valence-corrected chi connectivity index (χ2v) is 6.70. The molecule has 7 nitrogen and oxygen atoms in total. The summed E-state index contributed by atoms with van der Waals surface area (Å²) in [6, 6.07) is 15.5. The Morgan fingerprint density at radius 2 is 1.72 bits per heavy atom. The van der Waals surface area contributed by atoms with E-state index >= 15 is 0 Å². The summed E-state index contributed by atoms with van der Waals surface area (Å²) in [5.41, 5.74) is 7.38. The minimum Gasteiger partial charge on any atom is -0.484 e. The summed E-state index contributed by atoms with van der Waals surface area (Å²) < 4.78 is 10.8. The number of benzene rings is 2. The fourth-order valence-electron chi connectivity index (χ4n) is 3.05. The van der Waals surface area contributed by atoms with E-state index in [2.05, 4.69) is 10.6 Å². The van der Waals surface area contributed by atoms with Crippen molar-refractivity contribution in [3.05, 3.63) is 54.6 Å². The lowest BCUT2D eigenvalue weighted by atomic mass is 9.92. The predicted octanol–water partition coefficient (Wildman–Crippen LogP) is 2.82. The SMILES string of the molecule is Cl.NC(C(=O)Nc1cccc(OCC(=O)Nc2ccccc2)c1)C1CCOCC1. The van der Waals surface area contributed by atoms with Crippen LogP contribution < -0.4 is 21.1 Å². The normalized spacial score (nSPS) is 14.9. The molecule has 1 aliphatic rings. The van der Waals surface area contributed by atoms with E-state index in [0.717, 1.165) is 12.8 Å². The first-order valence-electron chi connectivity index (χ1n) is 9.34. The lowest BCUT2D eigenvalue weighted by molar-refractivity contribution is -0.119. The van der Waals surface area contributed by atoms with Crippen LogP contribution >= 0.6 is 12.4 Å². The number of anilines is 2. The van der Waals surface area contributed by atoms with Crippen molar-refractivity contribution >= 4 is 35.6 Å². The van der Waals surface area contributed by atoms with E-state index in [1.807, 2.05) is 18.2 Å². The van der Waals surface area contributed by atoms with Gasteiger partial charge in [-0.2, -0.15) is 0 Å². The molecule has 0 radical (unpaired) electrons. The first-order valence-corrected chi connectivity index (χ1v) is 9.34. The number of amides is 2. The summed E-state index contributed by atoms with van der Waals surface area (Å²) in [5.74, 6) is 0.114. The predicted molar refractivity (Wildman–Crippen MR) is 114 cm³/mol. The summed E-state index contributed by atoms with van der Waals surface area (Å²) in [6.45, 7) is 1.15. The van der Waals surface area contributed by atoms with Crippen molar-refractivity contribution in [3.63, 3.8) is 0 Å². The first-order chi connectivity index (χ1) is 13.6. The largest absolute Gasteiger partial charge is 0.484 e.